The van der Waals surface area contributed by atoms with Crippen LogP contribution in [-0.4, -0.2) is 8.42 Å². The molecular formula is C15H13NO3S. The summed E-state index contributed by atoms with van der Waals surface area (Å²) < 4.78 is 29.6. The van der Waals surface area contributed by atoms with Crippen LogP contribution in [0.3, 0.4) is 0 Å². The lowest BCUT2D eigenvalue weighted by atomic mass is 10.2. The Morgan fingerprint density at radius 1 is 1.05 bits per heavy atom. The van der Waals surface area contributed by atoms with Gasteiger partial charge in [0.2, 0.25) is 0 Å². The summed E-state index contributed by atoms with van der Waals surface area (Å²) in [5.74, 6) is 0.232. The van der Waals surface area contributed by atoms with Gasteiger partial charge < -0.3 is 4.18 Å². The number of nitriles is 1. The smallest absolute Gasteiger partial charge is 0.340 e. The van der Waals surface area contributed by atoms with Crippen LogP contribution in [0.5, 0.6) is 5.75 Å². The molecule has 0 radical (unpaired) electrons. The van der Waals surface area contributed by atoms with Crippen molar-refractivity contribution >= 4 is 10.1 Å². The van der Waals surface area contributed by atoms with Crippen molar-refractivity contribution in [3.05, 3.63) is 59.2 Å². The van der Waals surface area contributed by atoms with Crippen molar-refractivity contribution in [2.75, 3.05) is 0 Å². The number of benzene rings is 2. The van der Waals surface area contributed by atoms with E-state index in [1.54, 1.807) is 31.2 Å². The lowest BCUT2D eigenvalue weighted by Crippen LogP contribution is -2.11. The maximum absolute atomic E-state index is 12.3. The Labute approximate surface area is 118 Å². The molecule has 0 bridgehead atoms. The third-order valence-corrected chi connectivity index (χ3v) is 4.01. The topological polar surface area (TPSA) is 67.2 Å². The minimum Gasteiger partial charge on any atom is -0.379 e. The molecule has 0 saturated carbocycles. The van der Waals surface area contributed by atoms with Gasteiger partial charge in [-0.05, 0) is 49.2 Å². The fourth-order valence-electron chi connectivity index (χ4n) is 1.77. The van der Waals surface area contributed by atoms with E-state index in [9.17, 15) is 8.42 Å². The summed E-state index contributed by atoms with van der Waals surface area (Å²) in [6.07, 6.45) is 0. The summed E-state index contributed by atoms with van der Waals surface area (Å²) in [5.41, 5.74) is 1.71. The van der Waals surface area contributed by atoms with Gasteiger partial charge in [0, 0.05) is 0 Å². The maximum Gasteiger partial charge on any atom is 0.340 e. The van der Waals surface area contributed by atoms with E-state index in [0.29, 0.717) is 0 Å². The average Bonchev–Trinajstić information content (AvgIpc) is 2.38. The molecule has 0 unspecified atom stereocenters. The molecule has 0 atom stereocenters. The molecule has 2 aromatic carbocycles. The molecule has 0 spiro atoms. The SMILES string of the molecule is Cc1cccc(OS(=O)(=O)c2cc(C)ccc2C#N)c1. The van der Waals surface area contributed by atoms with Gasteiger partial charge >= 0.3 is 10.1 Å². The molecule has 0 aliphatic heterocycles. The number of aryl methyl sites for hydroxylation is 2. The number of nitrogens with zero attached hydrogens (tertiary/aromatic N) is 1. The zero-order chi connectivity index (χ0) is 14.8. The quantitative estimate of drug-likeness (QED) is 0.814. The van der Waals surface area contributed by atoms with Crippen molar-refractivity contribution in [2.45, 2.75) is 18.7 Å². The lowest BCUT2D eigenvalue weighted by molar-refractivity contribution is 0.485. The number of hydrogen-bond acceptors (Lipinski definition) is 4. The molecule has 0 amide bonds. The van der Waals surface area contributed by atoms with E-state index < -0.39 is 10.1 Å². The van der Waals surface area contributed by atoms with Crippen LogP contribution in [0.2, 0.25) is 0 Å². The molecule has 0 aromatic heterocycles. The Morgan fingerprint density at radius 3 is 2.40 bits per heavy atom. The zero-order valence-electron chi connectivity index (χ0n) is 11.1. The zero-order valence-corrected chi connectivity index (χ0v) is 11.9. The summed E-state index contributed by atoms with van der Waals surface area (Å²) in [6, 6.07) is 13.2. The summed E-state index contributed by atoms with van der Waals surface area (Å²) in [7, 11) is -4.02. The average molecular weight is 287 g/mol. The van der Waals surface area contributed by atoms with Crippen LogP contribution in [-0.2, 0) is 10.1 Å². The largest absolute Gasteiger partial charge is 0.379 e. The predicted octanol–water partition coefficient (Wildman–Crippen LogP) is 2.94. The van der Waals surface area contributed by atoms with E-state index in [1.807, 2.05) is 19.1 Å². The van der Waals surface area contributed by atoms with Crippen molar-refractivity contribution in [3.63, 3.8) is 0 Å². The minimum atomic E-state index is -4.02. The van der Waals surface area contributed by atoms with Crippen LogP contribution < -0.4 is 4.18 Å². The maximum atomic E-state index is 12.3. The standard InChI is InChI=1S/C15H13NO3S/c1-11-4-3-5-14(8-11)19-20(17,18)15-9-12(2)6-7-13(15)10-16/h3-9H,1-2H3. The third kappa shape index (κ3) is 2.98. The normalized spacial score (nSPS) is 10.8. The van der Waals surface area contributed by atoms with Crippen molar-refractivity contribution in [1.82, 2.24) is 0 Å². The van der Waals surface area contributed by atoms with Gasteiger partial charge in [0.05, 0.1) is 5.56 Å². The molecule has 0 aliphatic carbocycles. The molecule has 0 aliphatic rings. The van der Waals surface area contributed by atoms with Gasteiger partial charge in [-0.3, -0.25) is 0 Å². The van der Waals surface area contributed by atoms with E-state index >= 15 is 0 Å². The van der Waals surface area contributed by atoms with Crippen LogP contribution in [0.15, 0.2) is 47.4 Å². The summed E-state index contributed by atoms with van der Waals surface area (Å²) >= 11 is 0. The first-order chi connectivity index (χ1) is 9.42. The lowest BCUT2D eigenvalue weighted by Gasteiger charge is -2.09. The summed E-state index contributed by atoms with van der Waals surface area (Å²) in [5, 5.41) is 9.01. The molecule has 0 N–H and O–H groups in total. The second-order valence-corrected chi connectivity index (χ2v) is 5.98. The van der Waals surface area contributed by atoms with Crippen molar-refractivity contribution in [1.29, 1.82) is 5.26 Å². The minimum absolute atomic E-state index is 0.0725. The molecule has 4 nitrogen and oxygen atoms in total. The first-order valence-electron chi connectivity index (χ1n) is 5.94. The van der Waals surface area contributed by atoms with Gasteiger partial charge in [-0.25, -0.2) is 0 Å². The molecular weight excluding hydrogens is 274 g/mol. The van der Waals surface area contributed by atoms with Gasteiger partial charge in [-0.2, -0.15) is 13.7 Å². The molecule has 5 heteroatoms. The van der Waals surface area contributed by atoms with E-state index in [4.69, 9.17) is 9.44 Å². The Hall–Kier alpha value is -2.32. The van der Waals surface area contributed by atoms with E-state index in [1.165, 1.54) is 12.1 Å². The van der Waals surface area contributed by atoms with E-state index in [2.05, 4.69) is 0 Å². The van der Waals surface area contributed by atoms with Crippen LogP contribution >= 0.6 is 0 Å². The Balaban J connectivity index is 2.46. The van der Waals surface area contributed by atoms with Crippen LogP contribution in [0, 0.1) is 25.2 Å². The summed E-state index contributed by atoms with van der Waals surface area (Å²) in [4.78, 5) is -0.110. The van der Waals surface area contributed by atoms with E-state index in [-0.39, 0.29) is 16.2 Å². The Kier molecular flexibility index (Phi) is 3.77. The van der Waals surface area contributed by atoms with Crippen LogP contribution in [0.25, 0.3) is 0 Å². The molecule has 2 aromatic rings. The molecule has 20 heavy (non-hydrogen) atoms. The molecule has 2 rings (SSSR count). The van der Waals surface area contributed by atoms with Gasteiger partial charge in [-0.1, -0.05) is 18.2 Å². The highest BCUT2D eigenvalue weighted by Gasteiger charge is 2.21. The third-order valence-electron chi connectivity index (χ3n) is 2.72. The van der Waals surface area contributed by atoms with Gasteiger partial charge in [0.25, 0.3) is 0 Å². The van der Waals surface area contributed by atoms with Gasteiger partial charge in [-0.15, -0.1) is 0 Å². The van der Waals surface area contributed by atoms with Gasteiger partial charge in [0.15, 0.2) is 0 Å². The van der Waals surface area contributed by atoms with Crippen molar-refractivity contribution in [3.8, 4) is 11.8 Å². The van der Waals surface area contributed by atoms with Gasteiger partial charge in [0.1, 0.15) is 16.7 Å². The Morgan fingerprint density at radius 2 is 1.75 bits per heavy atom. The Bertz CT molecular complexity index is 789. The second-order valence-electron chi connectivity index (χ2n) is 4.47. The highest BCUT2D eigenvalue weighted by atomic mass is 32.2. The van der Waals surface area contributed by atoms with Crippen molar-refractivity contribution < 1.29 is 12.6 Å². The first kappa shape index (κ1) is 14.1. The monoisotopic (exact) mass is 287 g/mol. The summed E-state index contributed by atoms with van der Waals surface area (Å²) in [6.45, 7) is 3.60. The second kappa shape index (κ2) is 5.35. The number of rotatable bonds is 3. The fraction of sp³-hybridized carbons (Fsp3) is 0.133. The molecule has 102 valence electrons. The van der Waals surface area contributed by atoms with Crippen LogP contribution in [0.1, 0.15) is 16.7 Å². The highest BCUT2D eigenvalue weighted by molar-refractivity contribution is 7.87. The van der Waals surface area contributed by atoms with E-state index in [0.717, 1.165) is 11.1 Å². The molecule has 0 saturated heterocycles. The van der Waals surface area contributed by atoms with Crippen LogP contribution in [0.4, 0.5) is 0 Å². The predicted molar refractivity (Wildman–Crippen MR) is 74.9 cm³/mol. The van der Waals surface area contributed by atoms with Crippen molar-refractivity contribution in [2.24, 2.45) is 0 Å². The molecule has 0 fully saturated rings. The fourth-order valence-corrected chi connectivity index (χ4v) is 2.93. The molecule has 0 heterocycles. The number of hydrogen-bond donors (Lipinski definition) is 0. The first-order valence-corrected chi connectivity index (χ1v) is 7.35. The highest BCUT2D eigenvalue weighted by Crippen LogP contribution is 2.23.